The van der Waals surface area contributed by atoms with E-state index in [0.717, 1.165) is 57.6 Å². The molecule has 0 unspecified atom stereocenters. The molecule has 1 aromatic heterocycles. The predicted octanol–water partition coefficient (Wildman–Crippen LogP) is 0.620. The number of carbonyl (C=O) groups excluding carboxylic acids is 2. The number of rotatable bonds is 6. The second kappa shape index (κ2) is 9.80. The average molecular weight is 374 g/mol. The van der Waals surface area contributed by atoms with E-state index in [2.05, 4.69) is 20.5 Å². The van der Waals surface area contributed by atoms with E-state index in [0.29, 0.717) is 19.1 Å². The van der Waals surface area contributed by atoms with E-state index in [-0.39, 0.29) is 17.7 Å². The maximum atomic E-state index is 12.6. The number of aromatic nitrogens is 1. The Morgan fingerprint density at radius 3 is 2.70 bits per heavy atom. The highest BCUT2D eigenvalue weighted by atomic mass is 16.2. The Bertz CT molecular complexity index is 616. The normalized spacial score (nSPS) is 21.8. The fourth-order valence-corrected chi connectivity index (χ4v) is 4.12. The molecule has 7 heteroatoms. The lowest BCUT2D eigenvalue weighted by Gasteiger charge is -2.42. The van der Waals surface area contributed by atoms with Gasteiger partial charge in [0.25, 0.3) is 0 Å². The molecule has 2 aliphatic rings. The van der Waals surface area contributed by atoms with Crippen LogP contribution < -0.4 is 10.6 Å². The minimum atomic E-state index is 0.0476. The van der Waals surface area contributed by atoms with E-state index >= 15 is 0 Å². The van der Waals surface area contributed by atoms with Gasteiger partial charge in [0.15, 0.2) is 0 Å². The Morgan fingerprint density at radius 1 is 1.19 bits per heavy atom. The van der Waals surface area contributed by atoms with E-state index in [1.807, 2.05) is 23.1 Å². The molecule has 27 heavy (non-hydrogen) atoms. The third-order valence-corrected chi connectivity index (χ3v) is 5.66. The summed E-state index contributed by atoms with van der Waals surface area (Å²) in [5, 5.41) is 5.97. The van der Waals surface area contributed by atoms with Crippen molar-refractivity contribution in [1.82, 2.24) is 25.4 Å². The fourth-order valence-electron chi connectivity index (χ4n) is 4.12. The molecule has 2 N–H and O–H groups in total. The van der Waals surface area contributed by atoms with E-state index in [1.54, 1.807) is 13.2 Å². The molecule has 0 spiro atoms. The first-order chi connectivity index (χ1) is 13.2. The first-order valence-corrected chi connectivity index (χ1v) is 10.0. The van der Waals surface area contributed by atoms with Crippen LogP contribution in [0.4, 0.5) is 0 Å². The number of carbonyl (C=O) groups is 2. The summed E-state index contributed by atoms with van der Waals surface area (Å²) in [6.07, 6.45) is 5.75. The Labute approximate surface area is 161 Å². The molecule has 2 amide bonds. The van der Waals surface area contributed by atoms with Gasteiger partial charge in [-0.05, 0) is 51.4 Å². The van der Waals surface area contributed by atoms with E-state index in [1.165, 1.54) is 0 Å². The Hall–Kier alpha value is -1.99. The molecule has 0 aliphatic carbocycles. The Balaban J connectivity index is 1.45. The zero-order valence-electron chi connectivity index (χ0n) is 16.2. The number of piperidine rings is 2. The van der Waals surface area contributed by atoms with E-state index < -0.39 is 0 Å². The lowest BCUT2D eigenvalue weighted by molar-refractivity contribution is -0.131. The number of amides is 2. The summed E-state index contributed by atoms with van der Waals surface area (Å²) in [4.78, 5) is 33.3. The molecular formula is C20H31N5O2. The molecule has 2 saturated heterocycles. The van der Waals surface area contributed by atoms with Crippen LogP contribution in [-0.4, -0.2) is 72.4 Å². The molecule has 1 aromatic rings. The van der Waals surface area contributed by atoms with Gasteiger partial charge in [0.2, 0.25) is 11.8 Å². The SMILES string of the molecule is CNCC(=O)N1CCC(N2CCC[C@H](C(=O)NCc3ccccn3)C2)CC1. The molecule has 0 radical (unpaired) electrons. The van der Waals surface area contributed by atoms with Crippen LogP contribution in [-0.2, 0) is 16.1 Å². The molecular weight excluding hydrogens is 342 g/mol. The second-order valence-electron chi connectivity index (χ2n) is 7.52. The maximum Gasteiger partial charge on any atom is 0.236 e. The van der Waals surface area contributed by atoms with Crippen molar-refractivity contribution >= 4 is 11.8 Å². The number of pyridine rings is 1. The maximum absolute atomic E-state index is 12.6. The molecule has 3 heterocycles. The van der Waals surface area contributed by atoms with Crippen LogP contribution in [0.2, 0.25) is 0 Å². The minimum Gasteiger partial charge on any atom is -0.350 e. The van der Waals surface area contributed by atoms with Gasteiger partial charge in [-0.15, -0.1) is 0 Å². The molecule has 1 atom stereocenters. The Morgan fingerprint density at radius 2 is 2.00 bits per heavy atom. The van der Waals surface area contributed by atoms with Crippen molar-refractivity contribution < 1.29 is 9.59 Å². The van der Waals surface area contributed by atoms with Crippen molar-refractivity contribution in [3.63, 3.8) is 0 Å². The number of hydrogen-bond acceptors (Lipinski definition) is 5. The summed E-state index contributed by atoms with van der Waals surface area (Å²) in [6.45, 7) is 4.41. The predicted molar refractivity (Wildman–Crippen MR) is 104 cm³/mol. The van der Waals surface area contributed by atoms with Gasteiger partial charge in [-0.1, -0.05) is 6.07 Å². The smallest absolute Gasteiger partial charge is 0.236 e. The number of likely N-dealkylation sites (N-methyl/N-ethyl adjacent to an activating group) is 1. The highest BCUT2D eigenvalue weighted by molar-refractivity contribution is 5.79. The highest BCUT2D eigenvalue weighted by Gasteiger charge is 2.32. The minimum absolute atomic E-state index is 0.0476. The summed E-state index contributed by atoms with van der Waals surface area (Å²) in [5.74, 6) is 0.361. The van der Waals surface area contributed by atoms with Crippen molar-refractivity contribution in [3.8, 4) is 0 Å². The summed E-state index contributed by atoms with van der Waals surface area (Å²) in [7, 11) is 1.80. The number of hydrogen-bond donors (Lipinski definition) is 2. The van der Waals surface area contributed by atoms with Gasteiger partial charge < -0.3 is 15.5 Å². The molecule has 3 rings (SSSR count). The van der Waals surface area contributed by atoms with Gasteiger partial charge in [0.05, 0.1) is 24.7 Å². The molecule has 2 aliphatic heterocycles. The van der Waals surface area contributed by atoms with Crippen molar-refractivity contribution in [1.29, 1.82) is 0 Å². The van der Waals surface area contributed by atoms with Crippen molar-refractivity contribution in [3.05, 3.63) is 30.1 Å². The van der Waals surface area contributed by atoms with Crippen molar-refractivity contribution in [2.24, 2.45) is 5.92 Å². The highest BCUT2D eigenvalue weighted by Crippen LogP contribution is 2.24. The Kier molecular flexibility index (Phi) is 7.18. The standard InChI is InChI=1S/C20H31N5O2/c1-21-14-19(26)24-11-7-18(8-12-24)25-10-4-5-16(15-25)20(27)23-13-17-6-2-3-9-22-17/h2-3,6,9,16,18,21H,4-5,7-8,10-15H2,1H3,(H,23,27)/t16-/m0/s1. The molecule has 0 bridgehead atoms. The van der Waals surface area contributed by atoms with Crippen LogP contribution in [0.25, 0.3) is 0 Å². The monoisotopic (exact) mass is 373 g/mol. The van der Waals surface area contributed by atoms with E-state index in [9.17, 15) is 9.59 Å². The topological polar surface area (TPSA) is 77.6 Å². The zero-order chi connectivity index (χ0) is 19.1. The largest absolute Gasteiger partial charge is 0.350 e. The number of likely N-dealkylation sites (tertiary alicyclic amines) is 2. The summed E-state index contributed by atoms with van der Waals surface area (Å²) >= 11 is 0. The zero-order valence-corrected chi connectivity index (χ0v) is 16.2. The van der Waals surface area contributed by atoms with Crippen LogP contribution in [0.5, 0.6) is 0 Å². The third-order valence-electron chi connectivity index (χ3n) is 5.66. The van der Waals surface area contributed by atoms with Crippen LogP contribution in [0.15, 0.2) is 24.4 Å². The van der Waals surface area contributed by atoms with Gasteiger partial charge in [0.1, 0.15) is 0 Å². The first-order valence-electron chi connectivity index (χ1n) is 10.0. The summed E-state index contributed by atoms with van der Waals surface area (Å²) in [5.41, 5.74) is 0.886. The average Bonchev–Trinajstić information content (AvgIpc) is 2.73. The van der Waals surface area contributed by atoms with Crippen LogP contribution in [0, 0.1) is 5.92 Å². The van der Waals surface area contributed by atoms with Crippen molar-refractivity contribution in [2.75, 3.05) is 39.8 Å². The van der Waals surface area contributed by atoms with Gasteiger partial charge in [-0.3, -0.25) is 19.5 Å². The van der Waals surface area contributed by atoms with E-state index in [4.69, 9.17) is 0 Å². The van der Waals surface area contributed by atoms with Crippen LogP contribution >= 0.6 is 0 Å². The molecule has 7 nitrogen and oxygen atoms in total. The van der Waals surface area contributed by atoms with Gasteiger partial charge in [-0.25, -0.2) is 0 Å². The first kappa shape index (κ1) is 19.8. The third kappa shape index (κ3) is 5.49. The van der Waals surface area contributed by atoms with Gasteiger partial charge in [0, 0.05) is 31.9 Å². The number of nitrogens with zero attached hydrogens (tertiary/aromatic N) is 3. The van der Waals surface area contributed by atoms with Gasteiger partial charge in [-0.2, -0.15) is 0 Å². The summed E-state index contributed by atoms with van der Waals surface area (Å²) < 4.78 is 0. The lowest BCUT2D eigenvalue weighted by Crippen LogP contribution is -2.52. The van der Waals surface area contributed by atoms with Crippen molar-refractivity contribution in [2.45, 2.75) is 38.3 Å². The lowest BCUT2D eigenvalue weighted by atomic mass is 9.93. The molecule has 0 saturated carbocycles. The quantitative estimate of drug-likeness (QED) is 0.764. The number of nitrogens with one attached hydrogen (secondary N) is 2. The van der Waals surface area contributed by atoms with Crippen LogP contribution in [0.3, 0.4) is 0 Å². The summed E-state index contributed by atoms with van der Waals surface area (Å²) in [6, 6.07) is 6.22. The van der Waals surface area contributed by atoms with Crippen LogP contribution in [0.1, 0.15) is 31.4 Å². The fraction of sp³-hybridized carbons (Fsp3) is 0.650. The molecule has 2 fully saturated rings. The molecule has 0 aromatic carbocycles. The van der Waals surface area contributed by atoms with Gasteiger partial charge >= 0.3 is 0 Å². The second-order valence-corrected chi connectivity index (χ2v) is 7.52. The molecule has 148 valence electrons.